The van der Waals surface area contributed by atoms with Crippen molar-refractivity contribution in [2.75, 3.05) is 28.6 Å². The van der Waals surface area contributed by atoms with Crippen molar-refractivity contribution < 1.29 is 9.59 Å². The van der Waals surface area contributed by atoms with Crippen molar-refractivity contribution in [2.45, 2.75) is 26.2 Å². The summed E-state index contributed by atoms with van der Waals surface area (Å²) in [7, 11) is 0. The Morgan fingerprint density at radius 3 is 2.28 bits per heavy atom. The second kappa shape index (κ2) is 7.83. The lowest BCUT2D eigenvalue weighted by Crippen LogP contribution is -2.31. The summed E-state index contributed by atoms with van der Waals surface area (Å²) < 4.78 is 0. The average Bonchev–Trinajstić information content (AvgIpc) is 3.00. The third kappa shape index (κ3) is 4.38. The van der Waals surface area contributed by atoms with E-state index >= 15 is 0 Å². The topological polar surface area (TPSA) is 61.4 Å². The first-order chi connectivity index (χ1) is 12.2. The zero-order valence-corrected chi connectivity index (χ0v) is 14.4. The van der Waals surface area contributed by atoms with Crippen molar-refractivity contribution in [3.63, 3.8) is 0 Å². The summed E-state index contributed by atoms with van der Waals surface area (Å²) >= 11 is 0. The molecule has 1 aliphatic heterocycles. The molecule has 0 saturated carbocycles. The van der Waals surface area contributed by atoms with Crippen LogP contribution in [-0.2, 0) is 16.0 Å². The first-order valence-corrected chi connectivity index (χ1v) is 8.68. The number of nitrogens with one attached hydrogen (secondary N) is 2. The molecule has 5 heteroatoms. The number of amides is 2. The van der Waals surface area contributed by atoms with Gasteiger partial charge in [-0.1, -0.05) is 25.1 Å². The predicted octanol–water partition coefficient (Wildman–Crippen LogP) is 3.43. The Labute approximate surface area is 148 Å². The summed E-state index contributed by atoms with van der Waals surface area (Å²) in [5.74, 6) is -0.0357. The Hall–Kier alpha value is -2.82. The molecule has 3 rings (SSSR count). The molecule has 0 spiro atoms. The number of benzene rings is 2. The number of anilines is 3. The molecular formula is C20H23N3O2. The van der Waals surface area contributed by atoms with Crippen molar-refractivity contribution >= 4 is 28.9 Å². The largest absolute Gasteiger partial charge is 0.362 e. The number of para-hydroxylation sites is 1. The van der Waals surface area contributed by atoms with Gasteiger partial charge in [0.2, 0.25) is 11.8 Å². The van der Waals surface area contributed by atoms with Gasteiger partial charge in [0.1, 0.15) is 0 Å². The minimum atomic E-state index is -0.0422. The van der Waals surface area contributed by atoms with E-state index in [4.69, 9.17) is 0 Å². The minimum absolute atomic E-state index is 0.00647. The number of carbonyl (C=O) groups is 2. The molecule has 0 aliphatic carbocycles. The molecule has 2 aromatic rings. The Bertz CT molecular complexity index is 756. The minimum Gasteiger partial charge on any atom is -0.362 e. The van der Waals surface area contributed by atoms with E-state index in [0.717, 1.165) is 36.4 Å². The lowest BCUT2D eigenvalue weighted by molar-refractivity contribution is -0.116. The van der Waals surface area contributed by atoms with Crippen LogP contribution in [0.5, 0.6) is 0 Å². The maximum atomic E-state index is 12.3. The van der Waals surface area contributed by atoms with Gasteiger partial charge in [0, 0.05) is 30.0 Å². The molecule has 1 heterocycles. The highest BCUT2D eigenvalue weighted by Crippen LogP contribution is 2.27. The van der Waals surface area contributed by atoms with Crippen LogP contribution in [0.1, 0.15) is 25.3 Å². The fraction of sp³-hybridized carbons (Fsp3) is 0.300. The molecule has 2 amide bonds. The fourth-order valence-corrected chi connectivity index (χ4v) is 3.03. The molecular weight excluding hydrogens is 314 g/mol. The van der Waals surface area contributed by atoms with Crippen LogP contribution in [0.2, 0.25) is 0 Å². The predicted molar refractivity (Wildman–Crippen MR) is 101 cm³/mol. The van der Waals surface area contributed by atoms with Crippen LogP contribution in [0.15, 0.2) is 48.5 Å². The Morgan fingerprint density at radius 1 is 0.960 bits per heavy atom. The highest BCUT2D eigenvalue weighted by Gasteiger charge is 2.20. The average molecular weight is 337 g/mol. The van der Waals surface area contributed by atoms with E-state index in [1.807, 2.05) is 19.1 Å². The Kier molecular flexibility index (Phi) is 5.33. The lowest BCUT2D eigenvalue weighted by atomic mass is 10.2. The van der Waals surface area contributed by atoms with Gasteiger partial charge in [-0.25, -0.2) is 0 Å². The van der Waals surface area contributed by atoms with Crippen LogP contribution >= 0.6 is 0 Å². The summed E-state index contributed by atoms with van der Waals surface area (Å²) in [5.41, 5.74) is 3.91. The summed E-state index contributed by atoms with van der Waals surface area (Å²) in [6, 6.07) is 15.4. The van der Waals surface area contributed by atoms with Gasteiger partial charge in [-0.05, 0) is 48.7 Å². The summed E-state index contributed by atoms with van der Waals surface area (Å²) in [4.78, 5) is 26.0. The summed E-state index contributed by atoms with van der Waals surface area (Å²) in [6.07, 6.45) is 2.31. The SMILES string of the molecule is CCCC(=O)Nc1ccc(NC(=O)CN2CCc3ccccc32)cc1. The zero-order chi connectivity index (χ0) is 17.6. The molecule has 2 N–H and O–H groups in total. The van der Waals surface area contributed by atoms with Gasteiger partial charge in [0.05, 0.1) is 6.54 Å². The number of hydrogen-bond acceptors (Lipinski definition) is 3. The van der Waals surface area contributed by atoms with Crippen molar-refractivity contribution in [3.8, 4) is 0 Å². The summed E-state index contributed by atoms with van der Waals surface area (Å²) in [6.45, 7) is 3.18. The second-order valence-electron chi connectivity index (χ2n) is 6.22. The number of carbonyl (C=O) groups excluding carboxylic acids is 2. The molecule has 0 aromatic heterocycles. The van der Waals surface area contributed by atoms with Crippen LogP contribution < -0.4 is 15.5 Å². The van der Waals surface area contributed by atoms with Gasteiger partial charge in [-0.3, -0.25) is 9.59 Å². The van der Waals surface area contributed by atoms with E-state index in [2.05, 4.69) is 27.7 Å². The Morgan fingerprint density at radius 2 is 1.60 bits per heavy atom. The molecule has 0 unspecified atom stereocenters. The van der Waals surface area contributed by atoms with E-state index in [1.165, 1.54) is 5.56 Å². The molecule has 0 saturated heterocycles. The highest BCUT2D eigenvalue weighted by atomic mass is 16.2. The second-order valence-corrected chi connectivity index (χ2v) is 6.22. The maximum absolute atomic E-state index is 12.3. The first kappa shape index (κ1) is 17.0. The third-order valence-corrected chi connectivity index (χ3v) is 4.25. The normalized spacial score (nSPS) is 12.6. The fourth-order valence-electron chi connectivity index (χ4n) is 3.03. The maximum Gasteiger partial charge on any atom is 0.243 e. The third-order valence-electron chi connectivity index (χ3n) is 4.25. The molecule has 5 nitrogen and oxygen atoms in total. The van der Waals surface area contributed by atoms with E-state index in [1.54, 1.807) is 24.3 Å². The molecule has 0 bridgehead atoms. The quantitative estimate of drug-likeness (QED) is 0.849. The molecule has 0 fully saturated rings. The standard InChI is InChI=1S/C20H23N3O2/c1-2-5-19(24)21-16-8-10-17(11-9-16)22-20(25)14-23-13-12-15-6-3-4-7-18(15)23/h3-4,6-11H,2,5,12-14H2,1H3,(H,21,24)(H,22,25). The lowest BCUT2D eigenvalue weighted by Gasteiger charge is -2.18. The van der Waals surface area contributed by atoms with Gasteiger partial charge in [-0.2, -0.15) is 0 Å². The smallest absolute Gasteiger partial charge is 0.243 e. The highest BCUT2D eigenvalue weighted by molar-refractivity contribution is 5.95. The van der Waals surface area contributed by atoms with Crippen LogP contribution in [0, 0.1) is 0 Å². The van der Waals surface area contributed by atoms with Gasteiger partial charge in [0.25, 0.3) is 0 Å². The molecule has 25 heavy (non-hydrogen) atoms. The van der Waals surface area contributed by atoms with E-state index in [0.29, 0.717) is 13.0 Å². The van der Waals surface area contributed by atoms with Crippen molar-refractivity contribution in [2.24, 2.45) is 0 Å². The van der Waals surface area contributed by atoms with E-state index in [9.17, 15) is 9.59 Å². The van der Waals surface area contributed by atoms with Crippen molar-refractivity contribution in [3.05, 3.63) is 54.1 Å². The molecule has 130 valence electrons. The van der Waals surface area contributed by atoms with Crippen LogP contribution in [-0.4, -0.2) is 24.9 Å². The van der Waals surface area contributed by atoms with Gasteiger partial charge in [0.15, 0.2) is 0 Å². The van der Waals surface area contributed by atoms with Gasteiger partial charge >= 0.3 is 0 Å². The molecule has 1 aliphatic rings. The van der Waals surface area contributed by atoms with E-state index < -0.39 is 0 Å². The van der Waals surface area contributed by atoms with Crippen LogP contribution in [0.25, 0.3) is 0 Å². The number of hydrogen-bond donors (Lipinski definition) is 2. The van der Waals surface area contributed by atoms with Crippen LogP contribution in [0.3, 0.4) is 0 Å². The zero-order valence-electron chi connectivity index (χ0n) is 14.4. The van der Waals surface area contributed by atoms with E-state index in [-0.39, 0.29) is 11.8 Å². The van der Waals surface area contributed by atoms with Gasteiger partial charge < -0.3 is 15.5 Å². The Balaban J connectivity index is 1.54. The number of rotatable bonds is 6. The van der Waals surface area contributed by atoms with Crippen molar-refractivity contribution in [1.29, 1.82) is 0 Å². The van der Waals surface area contributed by atoms with Crippen molar-refractivity contribution in [1.82, 2.24) is 0 Å². The van der Waals surface area contributed by atoms with Gasteiger partial charge in [-0.15, -0.1) is 0 Å². The molecule has 0 radical (unpaired) electrons. The number of nitrogens with zero attached hydrogens (tertiary/aromatic N) is 1. The summed E-state index contributed by atoms with van der Waals surface area (Å²) in [5, 5.41) is 5.75. The molecule has 0 atom stereocenters. The van der Waals surface area contributed by atoms with Crippen LogP contribution in [0.4, 0.5) is 17.1 Å². The monoisotopic (exact) mass is 337 g/mol. The number of fused-ring (bicyclic) bond motifs is 1. The first-order valence-electron chi connectivity index (χ1n) is 8.68. The molecule has 2 aromatic carbocycles.